The van der Waals surface area contributed by atoms with Crippen molar-refractivity contribution in [3.05, 3.63) is 42.1 Å². The van der Waals surface area contributed by atoms with Gasteiger partial charge < -0.3 is 15.6 Å². The van der Waals surface area contributed by atoms with Crippen LogP contribution in [0.2, 0.25) is 0 Å². The Morgan fingerprint density at radius 2 is 2.29 bits per heavy atom. The average molecular weight is 284 g/mol. The third-order valence-electron chi connectivity index (χ3n) is 5.22. The van der Waals surface area contributed by atoms with Crippen LogP contribution in [0, 0.1) is 5.41 Å². The first-order valence-electron chi connectivity index (χ1n) is 7.61. The molecule has 2 saturated heterocycles. The van der Waals surface area contributed by atoms with Gasteiger partial charge >= 0.3 is 0 Å². The number of benzene rings is 1. The summed E-state index contributed by atoms with van der Waals surface area (Å²) in [6.07, 6.45) is 4.53. The van der Waals surface area contributed by atoms with Crippen molar-refractivity contribution in [2.75, 3.05) is 6.54 Å². The van der Waals surface area contributed by atoms with Crippen LogP contribution in [-0.2, 0) is 4.74 Å². The van der Waals surface area contributed by atoms with E-state index in [1.165, 1.54) is 0 Å². The standard InChI is InChI=1S/C17H20N2O2/c18-10-17(9-13-4-6-15(17)21-13)16(20)12-3-5-14-11(8-12)2-1-7-19-14/h1-3,5,7-8,13,15-16,20H,4,6,9-10,18H2. The van der Waals surface area contributed by atoms with Gasteiger partial charge in [0.05, 0.1) is 23.8 Å². The quantitative estimate of drug-likeness (QED) is 0.906. The minimum atomic E-state index is -0.581. The lowest BCUT2D eigenvalue weighted by Gasteiger charge is -2.38. The van der Waals surface area contributed by atoms with Crippen LogP contribution in [0.3, 0.4) is 0 Å². The topological polar surface area (TPSA) is 68.4 Å². The highest BCUT2D eigenvalue weighted by Crippen LogP contribution is 2.53. The van der Waals surface area contributed by atoms with Crippen LogP contribution < -0.4 is 5.73 Å². The Morgan fingerprint density at radius 1 is 1.38 bits per heavy atom. The Bertz CT molecular complexity index is 675. The van der Waals surface area contributed by atoms with Gasteiger partial charge in [-0.05, 0) is 43.0 Å². The number of hydrogen-bond acceptors (Lipinski definition) is 4. The van der Waals surface area contributed by atoms with E-state index in [1.54, 1.807) is 6.20 Å². The van der Waals surface area contributed by atoms with Crippen LogP contribution >= 0.6 is 0 Å². The fourth-order valence-electron chi connectivity index (χ4n) is 4.04. The van der Waals surface area contributed by atoms with Gasteiger partial charge in [-0.25, -0.2) is 0 Å². The first-order valence-corrected chi connectivity index (χ1v) is 7.61. The van der Waals surface area contributed by atoms with E-state index >= 15 is 0 Å². The molecule has 3 heterocycles. The van der Waals surface area contributed by atoms with E-state index in [0.29, 0.717) is 6.54 Å². The third-order valence-corrected chi connectivity index (χ3v) is 5.22. The van der Waals surface area contributed by atoms with E-state index in [9.17, 15) is 5.11 Å². The number of nitrogens with two attached hydrogens (primary N) is 1. The molecule has 110 valence electrons. The van der Waals surface area contributed by atoms with Crippen LogP contribution in [0.4, 0.5) is 0 Å². The summed E-state index contributed by atoms with van der Waals surface area (Å²) in [5, 5.41) is 12.0. The fourth-order valence-corrected chi connectivity index (χ4v) is 4.04. The Kier molecular flexibility index (Phi) is 2.99. The number of aromatic nitrogens is 1. The molecule has 1 aromatic heterocycles. The Morgan fingerprint density at radius 3 is 3.00 bits per heavy atom. The number of aliphatic hydroxyl groups is 1. The predicted molar refractivity (Wildman–Crippen MR) is 80.7 cm³/mol. The Labute approximate surface area is 123 Å². The zero-order valence-corrected chi connectivity index (χ0v) is 11.9. The second-order valence-corrected chi connectivity index (χ2v) is 6.32. The summed E-state index contributed by atoms with van der Waals surface area (Å²) in [7, 11) is 0. The maximum absolute atomic E-state index is 11.0. The number of nitrogens with zero attached hydrogens (tertiary/aromatic N) is 1. The summed E-state index contributed by atoms with van der Waals surface area (Å²) < 4.78 is 5.96. The molecule has 0 radical (unpaired) electrons. The molecule has 2 aromatic rings. The molecule has 3 N–H and O–H groups in total. The molecule has 2 aliphatic heterocycles. The summed E-state index contributed by atoms with van der Waals surface area (Å²) in [6, 6.07) is 9.88. The molecule has 4 rings (SSSR count). The SMILES string of the molecule is NCC1(C(O)c2ccc3ncccc3c2)CC2CCC1O2. The molecule has 2 bridgehead atoms. The van der Waals surface area contributed by atoms with E-state index in [-0.39, 0.29) is 17.6 Å². The number of ether oxygens (including phenoxy) is 1. The molecule has 4 atom stereocenters. The fraction of sp³-hybridized carbons (Fsp3) is 0.471. The monoisotopic (exact) mass is 284 g/mol. The van der Waals surface area contributed by atoms with Crippen molar-refractivity contribution in [2.24, 2.45) is 11.1 Å². The van der Waals surface area contributed by atoms with Gasteiger partial charge in [-0.1, -0.05) is 12.1 Å². The number of rotatable bonds is 3. The molecule has 0 spiro atoms. The summed E-state index contributed by atoms with van der Waals surface area (Å²) in [5.74, 6) is 0. The summed E-state index contributed by atoms with van der Waals surface area (Å²) in [5.41, 5.74) is 7.58. The van der Waals surface area contributed by atoms with Crippen molar-refractivity contribution in [3.8, 4) is 0 Å². The van der Waals surface area contributed by atoms with Gasteiger partial charge in [-0.3, -0.25) is 4.98 Å². The van der Waals surface area contributed by atoms with Gasteiger partial charge in [0.1, 0.15) is 0 Å². The Hall–Kier alpha value is -1.49. The van der Waals surface area contributed by atoms with Gasteiger partial charge in [0, 0.05) is 23.5 Å². The van der Waals surface area contributed by atoms with Crippen molar-refractivity contribution >= 4 is 10.9 Å². The molecule has 1 aromatic carbocycles. The maximum Gasteiger partial charge on any atom is 0.0884 e. The molecule has 0 aliphatic carbocycles. The first-order chi connectivity index (χ1) is 10.2. The van der Waals surface area contributed by atoms with E-state index in [2.05, 4.69) is 4.98 Å². The van der Waals surface area contributed by atoms with Crippen molar-refractivity contribution in [1.82, 2.24) is 4.98 Å². The van der Waals surface area contributed by atoms with Crippen molar-refractivity contribution < 1.29 is 9.84 Å². The van der Waals surface area contributed by atoms with E-state index in [4.69, 9.17) is 10.5 Å². The molecular weight excluding hydrogens is 264 g/mol. The zero-order valence-electron chi connectivity index (χ0n) is 11.9. The largest absolute Gasteiger partial charge is 0.388 e. The molecule has 0 amide bonds. The highest BCUT2D eigenvalue weighted by molar-refractivity contribution is 5.79. The van der Waals surface area contributed by atoms with Crippen LogP contribution in [0.5, 0.6) is 0 Å². The average Bonchev–Trinajstić information content (AvgIpc) is 3.15. The molecule has 4 heteroatoms. The summed E-state index contributed by atoms with van der Waals surface area (Å²) in [4.78, 5) is 4.32. The summed E-state index contributed by atoms with van der Waals surface area (Å²) in [6.45, 7) is 0.459. The van der Waals surface area contributed by atoms with Crippen LogP contribution in [-0.4, -0.2) is 28.8 Å². The molecule has 21 heavy (non-hydrogen) atoms. The smallest absolute Gasteiger partial charge is 0.0884 e. The number of aliphatic hydroxyl groups excluding tert-OH is 1. The predicted octanol–water partition coefficient (Wildman–Crippen LogP) is 2.16. The molecule has 2 aliphatic rings. The van der Waals surface area contributed by atoms with E-state index in [0.717, 1.165) is 35.7 Å². The number of hydrogen-bond donors (Lipinski definition) is 2. The highest BCUT2D eigenvalue weighted by Gasteiger charge is 2.55. The molecule has 4 unspecified atom stereocenters. The van der Waals surface area contributed by atoms with Crippen LogP contribution in [0.1, 0.15) is 30.9 Å². The molecule has 4 nitrogen and oxygen atoms in total. The lowest BCUT2D eigenvalue weighted by Crippen LogP contribution is -2.44. The van der Waals surface area contributed by atoms with Gasteiger partial charge in [0.2, 0.25) is 0 Å². The normalized spacial score (nSPS) is 32.7. The van der Waals surface area contributed by atoms with E-state index in [1.807, 2.05) is 30.3 Å². The second-order valence-electron chi connectivity index (χ2n) is 6.32. The van der Waals surface area contributed by atoms with E-state index < -0.39 is 6.10 Å². The number of fused-ring (bicyclic) bond motifs is 3. The van der Waals surface area contributed by atoms with Gasteiger partial charge in [-0.2, -0.15) is 0 Å². The lowest BCUT2D eigenvalue weighted by molar-refractivity contribution is -0.0263. The molecule has 2 fully saturated rings. The second kappa shape index (κ2) is 4.77. The van der Waals surface area contributed by atoms with Gasteiger partial charge in [0.15, 0.2) is 0 Å². The van der Waals surface area contributed by atoms with Crippen LogP contribution in [0.25, 0.3) is 10.9 Å². The van der Waals surface area contributed by atoms with Crippen LogP contribution in [0.15, 0.2) is 36.5 Å². The molecule has 0 saturated carbocycles. The zero-order chi connectivity index (χ0) is 14.4. The maximum atomic E-state index is 11.0. The van der Waals surface area contributed by atoms with Crippen molar-refractivity contribution in [3.63, 3.8) is 0 Å². The molecular formula is C17H20N2O2. The van der Waals surface area contributed by atoms with Gasteiger partial charge in [0.25, 0.3) is 0 Å². The van der Waals surface area contributed by atoms with Crippen molar-refractivity contribution in [1.29, 1.82) is 0 Å². The summed E-state index contributed by atoms with van der Waals surface area (Å²) >= 11 is 0. The number of pyridine rings is 1. The minimum Gasteiger partial charge on any atom is -0.388 e. The first kappa shape index (κ1) is 13.2. The van der Waals surface area contributed by atoms with Gasteiger partial charge in [-0.15, -0.1) is 0 Å². The lowest BCUT2D eigenvalue weighted by atomic mass is 9.68. The minimum absolute atomic E-state index is 0.0899. The Balaban J connectivity index is 1.73. The highest BCUT2D eigenvalue weighted by atomic mass is 16.5. The van der Waals surface area contributed by atoms with Crippen molar-refractivity contribution in [2.45, 2.75) is 37.6 Å². The third kappa shape index (κ3) is 1.90.